The van der Waals surface area contributed by atoms with E-state index in [1.54, 1.807) is 24.3 Å². The first-order valence-electron chi connectivity index (χ1n) is 6.82. The Morgan fingerprint density at radius 3 is 1.67 bits per heavy atom. The molecule has 0 fully saturated rings. The van der Waals surface area contributed by atoms with E-state index in [1.165, 1.54) is 0 Å². The van der Waals surface area contributed by atoms with Crippen molar-refractivity contribution in [2.24, 2.45) is 0 Å². The fraction of sp³-hybridized carbons (Fsp3) is 0. The minimum Gasteiger partial charge on any atom is -0.595 e. The summed E-state index contributed by atoms with van der Waals surface area (Å²) >= 11 is 14.9. The van der Waals surface area contributed by atoms with Crippen molar-refractivity contribution in [3.8, 4) is 0 Å². The van der Waals surface area contributed by atoms with Crippen molar-refractivity contribution in [3.05, 3.63) is 86.4 Å². The fourth-order valence-corrected chi connectivity index (χ4v) is 2.36. The van der Waals surface area contributed by atoms with E-state index in [0.29, 0.717) is 11.4 Å². The molecule has 4 N–H and O–H groups in total. The monoisotopic (exact) mass is 429 g/mol. The molecule has 1 unspecified atom stereocenters. The van der Waals surface area contributed by atoms with Gasteiger partial charge in [-0.25, -0.2) is 5.21 Å². The summed E-state index contributed by atoms with van der Waals surface area (Å²) in [6.45, 7) is 0. The Hall–Kier alpha value is -1.54. The first kappa shape index (κ1) is 18.8. The first-order valence-corrected chi connectivity index (χ1v) is 8.36. The second-order valence-electron chi connectivity index (χ2n) is 4.61. The van der Waals surface area contributed by atoms with Crippen molar-refractivity contribution >= 4 is 50.5 Å². The Morgan fingerprint density at radius 2 is 1.33 bits per heavy atom. The summed E-state index contributed by atoms with van der Waals surface area (Å²) in [4.78, 5) is 0. The average Bonchev–Trinajstić information content (AvgIpc) is 2.56. The molecule has 0 spiro atoms. The number of benzene rings is 2. The summed E-state index contributed by atoms with van der Waals surface area (Å²) in [5.74, 6) is 0.197. The number of nitrogens with one attached hydrogen (secondary N) is 3. The van der Waals surface area contributed by atoms with Crippen molar-refractivity contribution < 1.29 is 10.4 Å². The maximum atomic E-state index is 11.7. The van der Waals surface area contributed by atoms with Crippen molar-refractivity contribution in [2.45, 2.75) is 0 Å². The summed E-state index contributed by atoms with van der Waals surface area (Å²) in [5.41, 5.74) is 1.21. The average molecular weight is 431 g/mol. The van der Waals surface area contributed by atoms with E-state index in [4.69, 9.17) is 23.2 Å². The van der Waals surface area contributed by atoms with E-state index >= 15 is 0 Å². The van der Waals surface area contributed by atoms with E-state index in [-0.39, 0.29) is 20.5 Å². The molecular weight excluding hydrogens is 417 g/mol. The SMILES string of the molecule is [O-][NH+](O)C(=C(Nc1ccccc1)Nc1ccccc1)/C(Cl)=C(\Cl)Br. The second kappa shape index (κ2) is 9.08. The second-order valence-corrected chi connectivity index (χ2v) is 6.62. The molecule has 8 heteroatoms. The highest BCUT2D eigenvalue weighted by Crippen LogP contribution is 2.26. The number of rotatable bonds is 6. The van der Waals surface area contributed by atoms with Gasteiger partial charge in [-0.3, -0.25) is 0 Å². The standard InChI is InChI=1S/C16H14BrCl2N3O2/c17-15(19)13(18)14(22(23)24)16(20-11-7-3-1-4-8-11)21-12-9-5-2-6-10-12/h1-10,20-23H/b15-13+. The predicted molar refractivity (Wildman–Crippen MR) is 101 cm³/mol. The highest BCUT2D eigenvalue weighted by atomic mass is 79.9. The van der Waals surface area contributed by atoms with Gasteiger partial charge in [0.15, 0.2) is 5.82 Å². The lowest BCUT2D eigenvalue weighted by Crippen LogP contribution is -3.03. The van der Waals surface area contributed by atoms with Gasteiger partial charge < -0.3 is 15.8 Å². The van der Waals surface area contributed by atoms with Crippen LogP contribution in [0.2, 0.25) is 0 Å². The Kier molecular flexibility index (Phi) is 7.11. The van der Waals surface area contributed by atoms with Crippen LogP contribution in [0.5, 0.6) is 0 Å². The number of anilines is 2. The summed E-state index contributed by atoms with van der Waals surface area (Å²) in [7, 11) is 0. The molecule has 0 aliphatic heterocycles. The smallest absolute Gasteiger partial charge is 0.225 e. The van der Waals surface area contributed by atoms with Gasteiger partial charge >= 0.3 is 0 Å². The van der Waals surface area contributed by atoms with Gasteiger partial charge in [0.2, 0.25) is 5.70 Å². The van der Waals surface area contributed by atoms with Crippen LogP contribution in [0.4, 0.5) is 11.4 Å². The largest absolute Gasteiger partial charge is 0.595 e. The molecule has 0 bridgehead atoms. The Balaban J connectivity index is 2.50. The van der Waals surface area contributed by atoms with Crippen molar-refractivity contribution in [1.29, 1.82) is 0 Å². The molecular formula is C16H14BrCl2N3O2. The Bertz CT molecular complexity index is 690. The lowest BCUT2D eigenvalue weighted by molar-refractivity contribution is -1.01. The third-order valence-electron chi connectivity index (χ3n) is 2.94. The van der Waals surface area contributed by atoms with Gasteiger partial charge in [-0.05, 0) is 40.2 Å². The zero-order valence-corrected chi connectivity index (χ0v) is 15.4. The van der Waals surface area contributed by atoms with Gasteiger partial charge in [0, 0.05) is 11.4 Å². The normalized spacial score (nSPS) is 12.9. The quantitative estimate of drug-likeness (QED) is 0.409. The molecule has 126 valence electrons. The van der Waals surface area contributed by atoms with Crippen molar-refractivity contribution in [3.63, 3.8) is 0 Å². The molecule has 0 saturated heterocycles. The zero-order valence-electron chi connectivity index (χ0n) is 12.3. The molecule has 2 aromatic carbocycles. The molecule has 1 atom stereocenters. The fourth-order valence-electron chi connectivity index (χ4n) is 1.89. The number of hydroxylamine groups is 2. The molecule has 0 aliphatic carbocycles. The first-order chi connectivity index (χ1) is 11.5. The Labute approximate surface area is 157 Å². The minimum absolute atomic E-state index is 0.00351. The van der Waals surface area contributed by atoms with E-state index < -0.39 is 5.23 Å². The zero-order chi connectivity index (χ0) is 17.5. The van der Waals surface area contributed by atoms with Gasteiger partial charge in [-0.1, -0.05) is 59.6 Å². The lowest BCUT2D eigenvalue weighted by atomic mass is 10.3. The predicted octanol–water partition coefficient (Wildman–Crippen LogP) is 4.19. The summed E-state index contributed by atoms with van der Waals surface area (Å²) in [5, 5.41) is 26.0. The Morgan fingerprint density at radius 1 is 0.917 bits per heavy atom. The van der Waals surface area contributed by atoms with Crippen LogP contribution in [-0.4, -0.2) is 5.21 Å². The third kappa shape index (κ3) is 5.24. The summed E-state index contributed by atoms with van der Waals surface area (Å²) < 4.78 is 0.00351. The van der Waals surface area contributed by atoms with Crippen LogP contribution in [-0.2, 0) is 0 Å². The number of halogens is 3. The van der Waals surface area contributed by atoms with Crippen LogP contribution in [0.15, 0.2) is 81.2 Å². The van der Waals surface area contributed by atoms with Gasteiger partial charge in [0.25, 0.3) is 0 Å². The number of quaternary nitrogens is 1. The lowest BCUT2D eigenvalue weighted by Gasteiger charge is -2.21. The van der Waals surface area contributed by atoms with Gasteiger partial charge in [-0.2, -0.15) is 5.23 Å². The highest BCUT2D eigenvalue weighted by Gasteiger charge is 2.21. The topological polar surface area (TPSA) is 71.8 Å². The molecule has 0 amide bonds. The maximum Gasteiger partial charge on any atom is 0.225 e. The van der Waals surface area contributed by atoms with Crippen molar-refractivity contribution in [1.82, 2.24) is 0 Å². The van der Waals surface area contributed by atoms with Crippen molar-refractivity contribution in [2.75, 3.05) is 10.6 Å². The van der Waals surface area contributed by atoms with E-state index in [0.717, 1.165) is 0 Å². The third-order valence-corrected chi connectivity index (χ3v) is 4.22. The highest BCUT2D eigenvalue weighted by molar-refractivity contribution is 9.12. The number of hydrogen-bond donors (Lipinski definition) is 4. The van der Waals surface area contributed by atoms with Crippen LogP contribution in [0.25, 0.3) is 0 Å². The van der Waals surface area contributed by atoms with Crippen LogP contribution in [0.3, 0.4) is 0 Å². The molecule has 5 nitrogen and oxygen atoms in total. The molecule has 2 aromatic rings. The van der Waals surface area contributed by atoms with Crippen LogP contribution < -0.4 is 15.9 Å². The number of allylic oxidation sites excluding steroid dienone is 1. The minimum atomic E-state index is -1.22. The molecule has 0 aromatic heterocycles. The molecule has 2 rings (SSSR count). The maximum absolute atomic E-state index is 11.7. The van der Waals surface area contributed by atoms with Gasteiger partial charge in [-0.15, -0.1) is 0 Å². The van der Waals surface area contributed by atoms with Gasteiger partial charge in [0.05, 0.1) is 0 Å². The van der Waals surface area contributed by atoms with Gasteiger partial charge in [0.1, 0.15) is 8.97 Å². The van der Waals surface area contributed by atoms with E-state index in [2.05, 4.69) is 26.6 Å². The molecule has 24 heavy (non-hydrogen) atoms. The molecule has 0 saturated carbocycles. The summed E-state index contributed by atoms with van der Waals surface area (Å²) in [6, 6.07) is 18.3. The van der Waals surface area contributed by atoms with E-state index in [1.807, 2.05) is 36.4 Å². The van der Waals surface area contributed by atoms with E-state index in [9.17, 15) is 10.4 Å². The van der Waals surface area contributed by atoms with Crippen LogP contribution in [0, 0.1) is 5.21 Å². The summed E-state index contributed by atoms with van der Waals surface area (Å²) in [6.07, 6.45) is 0. The number of hydrogen-bond acceptors (Lipinski definition) is 4. The van der Waals surface area contributed by atoms with Crippen LogP contribution >= 0.6 is 39.1 Å². The number of para-hydroxylation sites is 2. The molecule has 0 radical (unpaired) electrons. The van der Waals surface area contributed by atoms with Crippen LogP contribution in [0.1, 0.15) is 0 Å². The molecule has 0 heterocycles. The molecule has 0 aliphatic rings.